The molecule has 6 heteroatoms. The number of hydrogen-bond donors (Lipinski definition) is 2. The molecule has 0 spiro atoms. The minimum absolute atomic E-state index is 0.0899. The minimum Gasteiger partial charge on any atom is -0.444 e. The number of amides is 1. The van der Waals surface area contributed by atoms with Crippen LogP contribution in [0, 0.1) is 5.92 Å². The molecule has 1 unspecified atom stereocenters. The van der Waals surface area contributed by atoms with Crippen LogP contribution in [0.5, 0.6) is 0 Å². The third-order valence-electron chi connectivity index (χ3n) is 3.77. The largest absolute Gasteiger partial charge is 0.444 e. The van der Waals surface area contributed by atoms with Gasteiger partial charge in [0.2, 0.25) is 0 Å². The maximum Gasteiger partial charge on any atom is 0.407 e. The maximum atomic E-state index is 11.9. The van der Waals surface area contributed by atoms with Gasteiger partial charge in [-0.15, -0.1) is 11.3 Å². The van der Waals surface area contributed by atoms with Gasteiger partial charge in [-0.05, 0) is 74.5 Å². The summed E-state index contributed by atoms with van der Waals surface area (Å²) in [5, 5.41) is 6.54. The van der Waals surface area contributed by atoms with Gasteiger partial charge in [0, 0.05) is 23.5 Å². The van der Waals surface area contributed by atoms with Crippen molar-refractivity contribution in [2.24, 2.45) is 5.92 Å². The number of carbonyl (C=O) groups is 1. The van der Waals surface area contributed by atoms with E-state index in [0.717, 1.165) is 10.3 Å². The molecule has 1 amide bonds. The van der Waals surface area contributed by atoms with E-state index in [0.29, 0.717) is 12.5 Å². The van der Waals surface area contributed by atoms with Crippen LogP contribution < -0.4 is 10.6 Å². The summed E-state index contributed by atoms with van der Waals surface area (Å²) in [6.45, 7) is 9.21. The Morgan fingerprint density at radius 2 is 2.05 bits per heavy atom. The topological polar surface area (TPSA) is 50.4 Å². The van der Waals surface area contributed by atoms with Gasteiger partial charge in [0.15, 0.2) is 0 Å². The fourth-order valence-corrected chi connectivity index (χ4v) is 3.80. The number of alkyl carbamates (subject to hydrolysis) is 1. The van der Waals surface area contributed by atoms with Gasteiger partial charge in [0.05, 0.1) is 3.79 Å². The van der Waals surface area contributed by atoms with E-state index in [4.69, 9.17) is 4.74 Å². The number of hydrogen-bond acceptors (Lipinski definition) is 4. The number of thiophene rings is 1. The molecular weight excluding hydrogens is 364 g/mol. The van der Waals surface area contributed by atoms with E-state index >= 15 is 0 Å². The molecule has 1 aliphatic rings. The summed E-state index contributed by atoms with van der Waals surface area (Å²) < 4.78 is 6.46. The Morgan fingerprint density at radius 3 is 2.55 bits per heavy atom. The molecule has 1 aliphatic carbocycles. The molecule has 22 heavy (non-hydrogen) atoms. The fraction of sp³-hybridized carbons (Fsp3) is 0.688. The van der Waals surface area contributed by atoms with Crippen LogP contribution in [0.1, 0.15) is 45.4 Å². The van der Waals surface area contributed by atoms with Crippen molar-refractivity contribution in [1.82, 2.24) is 10.6 Å². The summed E-state index contributed by atoms with van der Waals surface area (Å²) in [6.07, 6.45) is 2.08. The summed E-state index contributed by atoms with van der Waals surface area (Å²) in [4.78, 5) is 13.1. The standard InChI is InChI=1S/C16H25BrN2O2S/c1-15(2,3)21-14(20)18-10-16(4,11-5-6-11)19-9-12-7-8-13(17)22-12/h7-8,11,19H,5-6,9-10H2,1-4H3,(H,18,20). The summed E-state index contributed by atoms with van der Waals surface area (Å²) >= 11 is 5.22. The van der Waals surface area contributed by atoms with Crippen molar-refractivity contribution in [3.8, 4) is 0 Å². The molecule has 0 radical (unpaired) electrons. The second-order valence-corrected chi connectivity index (χ2v) is 9.65. The van der Waals surface area contributed by atoms with E-state index in [1.807, 2.05) is 20.8 Å². The average Bonchev–Trinajstić information content (AvgIpc) is 3.16. The lowest BCUT2D eigenvalue weighted by atomic mass is 9.95. The highest BCUT2D eigenvalue weighted by Crippen LogP contribution is 2.39. The molecule has 0 aliphatic heterocycles. The lowest BCUT2D eigenvalue weighted by molar-refractivity contribution is 0.0507. The predicted octanol–water partition coefficient (Wildman–Crippen LogP) is 4.29. The Hall–Kier alpha value is -0.590. The molecule has 1 saturated carbocycles. The van der Waals surface area contributed by atoms with E-state index in [1.165, 1.54) is 17.7 Å². The zero-order valence-electron chi connectivity index (χ0n) is 13.7. The molecular formula is C16H25BrN2O2S. The van der Waals surface area contributed by atoms with Crippen molar-refractivity contribution < 1.29 is 9.53 Å². The van der Waals surface area contributed by atoms with Crippen LogP contribution in [0.25, 0.3) is 0 Å². The van der Waals surface area contributed by atoms with Gasteiger partial charge in [-0.3, -0.25) is 0 Å². The molecule has 1 aromatic heterocycles. The highest BCUT2D eigenvalue weighted by Gasteiger charge is 2.41. The number of rotatable bonds is 6. The summed E-state index contributed by atoms with van der Waals surface area (Å²) in [7, 11) is 0. The second kappa shape index (κ2) is 6.89. The van der Waals surface area contributed by atoms with Crippen LogP contribution in [-0.2, 0) is 11.3 Å². The molecule has 0 bridgehead atoms. The lowest BCUT2D eigenvalue weighted by Crippen LogP contribution is -2.53. The average molecular weight is 389 g/mol. The molecule has 1 atom stereocenters. The van der Waals surface area contributed by atoms with Gasteiger partial charge in [-0.1, -0.05) is 0 Å². The molecule has 0 saturated heterocycles. The molecule has 2 N–H and O–H groups in total. The zero-order chi connectivity index (χ0) is 16.4. The van der Waals surface area contributed by atoms with Gasteiger partial charge >= 0.3 is 6.09 Å². The van der Waals surface area contributed by atoms with Gasteiger partial charge in [-0.25, -0.2) is 4.79 Å². The monoisotopic (exact) mass is 388 g/mol. The highest BCUT2D eigenvalue weighted by molar-refractivity contribution is 9.11. The van der Waals surface area contributed by atoms with Gasteiger partial charge < -0.3 is 15.4 Å². The van der Waals surface area contributed by atoms with Crippen LogP contribution in [0.15, 0.2) is 15.9 Å². The molecule has 2 rings (SSSR count). The quantitative estimate of drug-likeness (QED) is 0.763. The minimum atomic E-state index is -0.462. The first-order valence-corrected chi connectivity index (χ1v) is 9.25. The SMILES string of the molecule is CC(C)(C)OC(=O)NCC(C)(NCc1ccc(Br)s1)C1CC1. The van der Waals surface area contributed by atoms with Gasteiger partial charge in [0.25, 0.3) is 0 Å². The third kappa shape index (κ3) is 5.56. The van der Waals surface area contributed by atoms with Crippen molar-refractivity contribution >= 4 is 33.4 Å². The van der Waals surface area contributed by atoms with Crippen LogP contribution in [0.4, 0.5) is 4.79 Å². The van der Waals surface area contributed by atoms with E-state index in [1.54, 1.807) is 11.3 Å². The van der Waals surface area contributed by atoms with Gasteiger partial charge in [0.1, 0.15) is 5.60 Å². The predicted molar refractivity (Wildman–Crippen MR) is 94.2 cm³/mol. The zero-order valence-corrected chi connectivity index (χ0v) is 16.1. The van der Waals surface area contributed by atoms with E-state index in [-0.39, 0.29) is 11.6 Å². The highest BCUT2D eigenvalue weighted by atomic mass is 79.9. The van der Waals surface area contributed by atoms with Crippen molar-refractivity contribution in [2.75, 3.05) is 6.54 Å². The number of halogens is 1. The lowest BCUT2D eigenvalue weighted by Gasteiger charge is -2.32. The summed E-state index contributed by atoms with van der Waals surface area (Å²) in [5.74, 6) is 0.617. The Balaban J connectivity index is 1.86. The van der Waals surface area contributed by atoms with E-state index in [2.05, 4.69) is 45.6 Å². The first-order valence-electron chi connectivity index (χ1n) is 7.64. The Morgan fingerprint density at radius 1 is 1.36 bits per heavy atom. The van der Waals surface area contributed by atoms with Crippen LogP contribution in [0.2, 0.25) is 0 Å². The smallest absolute Gasteiger partial charge is 0.407 e. The second-order valence-electron chi connectivity index (χ2n) is 7.11. The Bertz CT molecular complexity index is 522. The molecule has 0 aromatic carbocycles. The van der Waals surface area contributed by atoms with Gasteiger partial charge in [-0.2, -0.15) is 0 Å². The molecule has 1 fully saturated rings. The van der Waals surface area contributed by atoms with Crippen LogP contribution >= 0.6 is 27.3 Å². The van der Waals surface area contributed by atoms with Crippen molar-refractivity contribution in [3.63, 3.8) is 0 Å². The first-order chi connectivity index (χ1) is 10.2. The maximum absolute atomic E-state index is 11.9. The van der Waals surface area contributed by atoms with Crippen LogP contribution in [-0.4, -0.2) is 23.8 Å². The number of carbonyl (C=O) groups excluding carboxylic acids is 1. The van der Waals surface area contributed by atoms with Crippen LogP contribution in [0.3, 0.4) is 0 Å². The molecule has 1 heterocycles. The Kier molecular flexibility index (Phi) is 5.56. The fourth-order valence-electron chi connectivity index (χ4n) is 2.38. The Labute approximate surface area is 145 Å². The van der Waals surface area contributed by atoms with Crippen molar-refractivity contribution in [3.05, 3.63) is 20.8 Å². The first kappa shape index (κ1) is 17.8. The summed E-state index contributed by atoms with van der Waals surface area (Å²) in [5.41, 5.74) is -0.551. The molecule has 124 valence electrons. The molecule has 1 aromatic rings. The van der Waals surface area contributed by atoms with E-state index in [9.17, 15) is 4.79 Å². The summed E-state index contributed by atoms with van der Waals surface area (Å²) in [6, 6.07) is 4.19. The van der Waals surface area contributed by atoms with Crippen molar-refractivity contribution in [1.29, 1.82) is 0 Å². The van der Waals surface area contributed by atoms with Crippen molar-refractivity contribution in [2.45, 2.75) is 58.2 Å². The van der Waals surface area contributed by atoms with E-state index < -0.39 is 5.60 Å². The molecule has 4 nitrogen and oxygen atoms in total. The normalized spacial score (nSPS) is 17.9. The third-order valence-corrected chi connectivity index (χ3v) is 5.40. The number of nitrogens with one attached hydrogen (secondary N) is 2. The number of ether oxygens (including phenoxy) is 1.